The molecule has 1 aliphatic rings. The summed E-state index contributed by atoms with van der Waals surface area (Å²) >= 11 is 0. The number of nitrogens with zero attached hydrogens (tertiary/aromatic N) is 1. The van der Waals surface area contributed by atoms with Gasteiger partial charge in [0.2, 0.25) is 0 Å². The van der Waals surface area contributed by atoms with E-state index in [1.165, 1.54) is 11.4 Å². The van der Waals surface area contributed by atoms with Gasteiger partial charge in [-0.15, -0.1) is 0 Å². The molecule has 0 spiro atoms. The number of benzene rings is 1. The lowest BCUT2D eigenvalue weighted by atomic mass is 9.82. The first kappa shape index (κ1) is 16.1. The molecule has 0 saturated carbocycles. The molecule has 1 unspecified atom stereocenters. The summed E-state index contributed by atoms with van der Waals surface area (Å²) in [5, 5.41) is 0. The van der Waals surface area contributed by atoms with Gasteiger partial charge in [-0.3, -0.25) is 0 Å². The van der Waals surface area contributed by atoms with Crippen LogP contribution < -0.4 is 4.90 Å². The summed E-state index contributed by atoms with van der Waals surface area (Å²) in [6.45, 7) is 8.57. The van der Waals surface area contributed by atoms with Crippen molar-refractivity contribution in [2.24, 2.45) is 5.41 Å². The summed E-state index contributed by atoms with van der Waals surface area (Å²) in [5.74, 6) is 0. The second kappa shape index (κ2) is 7.13. The van der Waals surface area contributed by atoms with Crippen LogP contribution in [0.3, 0.4) is 0 Å². The fourth-order valence-corrected chi connectivity index (χ4v) is 2.39. The van der Waals surface area contributed by atoms with Gasteiger partial charge in [0.05, 0.1) is 0 Å². The number of hydrogen-bond donors (Lipinski definition) is 0. The fourth-order valence-electron chi connectivity index (χ4n) is 2.39. The molecule has 0 amide bonds. The zero-order valence-electron chi connectivity index (χ0n) is 13.8. The minimum atomic E-state index is -0.137. The monoisotopic (exact) mass is 291 g/mol. The van der Waals surface area contributed by atoms with Crippen molar-refractivity contribution in [1.82, 2.24) is 0 Å². The summed E-state index contributed by atoms with van der Waals surface area (Å²) in [7, 11) is 2.09. The van der Waals surface area contributed by atoms with E-state index in [0.29, 0.717) is 0 Å². The van der Waals surface area contributed by atoms with Gasteiger partial charge >= 0.3 is 0 Å². The van der Waals surface area contributed by atoms with Crippen LogP contribution in [0.25, 0.3) is 0 Å². The van der Waals surface area contributed by atoms with E-state index in [-0.39, 0.29) is 5.41 Å². The molecule has 0 N–H and O–H groups in total. The molecule has 0 aromatic heterocycles. The molecule has 114 valence electrons. The van der Waals surface area contributed by atoms with E-state index in [9.17, 15) is 0 Å². The standard InChI is InChI=1S/C21H25N/c1-5-6-11-18(2)21(3)16-10-14-20(15-17-21)22(4)19-12-8-7-9-13-19/h6-17H,2,5H2,1,3-4H3/b11-6-. The highest BCUT2D eigenvalue weighted by Gasteiger charge is 2.21. The average molecular weight is 291 g/mol. The molecule has 0 fully saturated rings. The van der Waals surface area contributed by atoms with Crippen LogP contribution in [-0.4, -0.2) is 7.05 Å². The van der Waals surface area contributed by atoms with E-state index in [4.69, 9.17) is 0 Å². The molecule has 0 bridgehead atoms. The van der Waals surface area contributed by atoms with Crippen LogP contribution in [0.5, 0.6) is 0 Å². The Labute approximate surface area is 134 Å². The Balaban J connectivity index is 2.21. The molecule has 0 aliphatic heterocycles. The quantitative estimate of drug-likeness (QED) is 0.632. The van der Waals surface area contributed by atoms with Crippen molar-refractivity contribution in [1.29, 1.82) is 0 Å². The highest BCUT2D eigenvalue weighted by atomic mass is 15.1. The lowest BCUT2D eigenvalue weighted by Gasteiger charge is -2.23. The Kier molecular flexibility index (Phi) is 5.21. The Morgan fingerprint density at radius 3 is 2.64 bits per heavy atom. The first-order valence-corrected chi connectivity index (χ1v) is 7.80. The third-order valence-corrected chi connectivity index (χ3v) is 4.09. The molecule has 1 atom stereocenters. The molecular formula is C21H25N. The average Bonchev–Trinajstić information content (AvgIpc) is 2.75. The second-order valence-electron chi connectivity index (χ2n) is 5.80. The van der Waals surface area contributed by atoms with Gasteiger partial charge in [-0.05, 0) is 43.2 Å². The van der Waals surface area contributed by atoms with Crippen molar-refractivity contribution in [2.75, 3.05) is 11.9 Å². The largest absolute Gasteiger partial charge is 0.345 e. The molecule has 1 heteroatoms. The number of rotatable bonds is 5. The molecule has 1 aromatic rings. The molecule has 0 heterocycles. The van der Waals surface area contributed by atoms with Crippen LogP contribution in [-0.2, 0) is 0 Å². The van der Waals surface area contributed by atoms with Gasteiger partial charge in [0.25, 0.3) is 0 Å². The Hall–Kier alpha value is -2.28. The zero-order chi connectivity index (χ0) is 16.0. The highest BCUT2D eigenvalue weighted by Crippen LogP contribution is 2.33. The molecule has 22 heavy (non-hydrogen) atoms. The highest BCUT2D eigenvalue weighted by molar-refractivity contribution is 5.55. The lowest BCUT2D eigenvalue weighted by Crippen LogP contribution is -2.15. The van der Waals surface area contributed by atoms with Gasteiger partial charge in [-0.2, -0.15) is 0 Å². The van der Waals surface area contributed by atoms with Crippen molar-refractivity contribution in [3.8, 4) is 0 Å². The molecule has 1 nitrogen and oxygen atoms in total. The summed E-state index contributed by atoms with van der Waals surface area (Å²) in [5.41, 5.74) is 3.32. The molecular weight excluding hydrogens is 266 g/mol. The maximum Gasteiger partial charge on any atom is 0.0408 e. The number of likely N-dealkylation sites (N-methyl/N-ethyl adjacent to an activating group) is 1. The maximum atomic E-state index is 4.23. The Morgan fingerprint density at radius 2 is 1.95 bits per heavy atom. The van der Waals surface area contributed by atoms with Crippen molar-refractivity contribution in [3.05, 3.63) is 90.7 Å². The maximum absolute atomic E-state index is 4.23. The zero-order valence-corrected chi connectivity index (χ0v) is 13.8. The lowest BCUT2D eigenvalue weighted by molar-refractivity contribution is 0.684. The number of anilines is 1. The third-order valence-electron chi connectivity index (χ3n) is 4.09. The van der Waals surface area contributed by atoms with Gasteiger partial charge in [-0.1, -0.05) is 62.1 Å². The Morgan fingerprint density at radius 1 is 1.23 bits per heavy atom. The van der Waals surface area contributed by atoms with E-state index < -0.39 is 0 Å². The minimum Gasteiger partial charge on any atom is -0.345 e. The first-order chi connectivity index (χ1) is 10.6. The summed E-state index contributed by atoms with van der Waals surface area (Å²) < 4.78 is 0. The SMILES string of the molecule is C=C(/C=C\CC)C1(C)C=CC=C(N(C)c2ccccc2)C=C1. The number of para-hydroxylation sites is 1. The van der Waals surface area contributed by atoms with Crippen LogP contribution in [0.1, 0.15) is 20.3 Å². The van der Waals surface area contributed by atoms with Gasteiger partial charge < -0.3 is 4.90 Å². The molecule has 0 saturated heterocycles. The van der Waals surface area contributed by atoms with Crippen LogP contribution in [0.15, 0.2) is 90.7 Å². The van der Waals surface area contributed by atoms with E-state index in [2.05, 4.69) is 99.2 Å². The van der Waals surface area contributed by atoms with Gasteiger partial charge in [0, 0.05) is 23.8 Å². The van der Waals surface area contributed by atoms with Crippen molar-refractivity contribution in [2.45, 2.75) is 20.3 Å². The van der Waals surface area contributed by atoms with Crippen LogP contribution in [0.2, 0.25) is 0 Å². The Bertz CT molecular complexity index is 631. The van der Waals surface area contributed by atoms with Crippen LogP contribution in [0.4, 0.5) is 5.69 Å². The minimum absolute atomic E-state index is 0.137. The topological polar surface area (TPSA) is 3.24 Å². The predicted octanol–water partition coefficient (Wildman–Crippen LogP) is 5.66. The normalized spacial score (nSPS) is 20.8. The van der Waals surface area contributed by atoms with Gasteiger partial charge in [0.15, 0.2) is 0 Å². The second-order valence-corrected chi connectivity index (χ2v) is 5.80. The van der Waals surface area contributed by atoms with Crippen LogP contribution in [0, 0.1) is 5.41 Å². The number of hydrogen-bond acceptors (Lipinski definition) is 1. The third kappa shape index (κ3) is 3.67. The van der Waals surface area contributed by atoms with E-state index >= 15 is 0 Å². The van der Waals surface area contributed by atoms with Gasteiger partial charge in [-0.25, -0.2) is 0 Å². The summed E-state index contributed by atoms with van der Waals surface area (Å²) in [4.78, 5) is 2.19. The number of allylic oxidation sites excluding steroid dienone is 8. The fraction of sp³-hybridized carbons (Fsp3) is 0.238. The van der Waals surface area contributed by atoms with E-state index in [0.717, 1.165) is 12.0 Å². The van der Waals surface area contributed by atoms with Crippen LogP contribution >= 0.6 is 0 Å². The van der Waals surface area contributed by atoms with E-state index in [1.54, 1.807) is 0 Å². The van der Waals surface area contributed by atoms with Crippen molar-refractivity contribution < 1.29 is 0 Å². The smallest absolute Gasteiger partial charge is 0.0408 e. The van der Waals surface area contributed by atoms with E-state index in [1.807, 2.05) is 6.07 Å². The molecule has 1 aliphatic carbocycles. The molecule has 1 aromatic carbocycles. The summed E-state index contributed by atoms with van der Waals surface area (Å²) in [6, 6.07) is 10.4. The summed E-state index contributed by atoms with van der Waals surface area (Å²) in [6.07, 6.45) is 16.2. The molecule has 2 rings (SSSR count). The van der Waals surface area contributed by atoms with Crippen molar-refractivity contribution >= 4 is 5.69 Å². The van der Waals surface area contributed by atoms with Crippen molar-refractivity contribution in [3.63, 3.8) is 0 Å². The first-order valence-electron chi connectivity index (χ1n) is 7.80. The predicted molar refractivity (Wildman–Crippen MR) is 97.9 cm³/mol. The van der Waals surface area contributed by atoms with Gasteiger partial charge in [0.1, 0.15) is 0 Å². The molecule has 0 radical (unpaired) electrons.